The van der Waals surface area contributed by atoms with E-state index in [0.717, 1.165) is 5.56 Å². The van der Waals surface area contributed by atoms with Gasteiger partial charge in [-0.25, -0.2) is 14.4 Å². The number of halogens is 2. The smallest absolute Gasteiger partial charge is 0.263 e. The van der Waals surface area contributed by atoms with Gasteiger partial charge in [0.2, 0.25) is 0 Å². The molecule has 5 rings (SSSR count). The molecule has 9 heteroatoms. The zero-order chi connectivity index (χ0) is 23.3. The van der Waals surface area contributed by atoms with E-state index in [4.69, 9.17) is 21.3 Å². The van der Waals surface area contributed by atoms with Gasteiger partial charge in [0.25, 0.3) is 5.56 Å². The largest absolute Gasteiger partial charge is 0.367 e. The summed E-state index contributed by atoms with van der Waals surface area (Å²) in [5, 5.41) is 4.67. The molecule has 0 amide bonds. The van der Waals surface area contributed by atoms with E-state index in [1.807, 2.05) is 18.4 Å². The summed E-state index contributed by atoms with van der Waals surface area (Å²) < 4.78 is 22.6. The maximum Gasteiger partial charge on any atom is 0.263 e. The highest BCUT2D eigenvalue weighted by Crippen LogP contribution is 2.34. The number of hydrogen-bond donors (Lipinski definition) is 0. The van der Waals surface area contributed by atoms with Gasteiger partial charge in [-0.2, -0.15) is 11.3 Å². The second-order valence-electron chi connectivity index (χ2n) is 8.27. The van der Waals surface area contributed by atoms with Crippen LogP contribution >= 0.6 is 22.9 Å². The van der Waals surface area contributed by atoms with Crippen LogP contribution in [0, 0.1) is 12.7 Å². The van der Waals surface area contributed by atoms with E-state index in [2.05, 4.69) is 21.3 Å². The highest BCUT2D eigenvalue weighted by atomic mass is 35.5. The van der Waals surface area contributed by atoms with Crippen molar-refractivity contribution in [2.45, 2.75) is 26.1 Å². The van der Waals surface area contributed by atoms with Crippen LogP contribution < -0.4 is 10.5 Å². The van der Waals surface area contributed by atoms with Crippen LogP contribution in [0.3, 0.4) is 0 Å². The number of fused-ring (bicyclic) bond motifs is 1. The van der Waals surface area contributed by atoms with Gasteiger partial charge in [-0.1, -0.05) is 11.6 Å². The Morgan fingerprint density at radius 2 is 2.03 bits per heavy atom. The van der Waals surface area contributed by atoms with Gasteiger partial charge in [0.05, 0.1) is 22.7 Å². The fraction of sp³-hybridized carbons (Fsp3) is 0.292. The topological polar surface area (TPSA) is 60.2 Å². The minimum atomic E-state index is -0.539. The summed E-state index contributed by atoms with van der Waals surface area (Å²) in [6.07, 6.45) is -0.137. The monoisotopic (exact) mass is 484 g/mol. The number of benzene rings is 1. The normalized spacial score (nSPS) is 18.8. The summed E-state index contributed by atoms with van der Waals surface area (Å²) in [5.41, 5.74) is 1.80. The van der Waals surface area contributed by atoms with Crippen molar-refractivity contribution in [3.63, 3.8) is 0 Å². The number of anilines is 1. The molecule has 0 N–H and O–H groups in total. The molecule has 1 aliphatic rings. The van der Waals surface area contributed by atoms with Crippen molar-refractivity contribution in [1.82, 2.24) is 14.5 Å². The van der Waals surface area contributed by atoms with Crippen molar-refractivity contribution < 1.29 is 9.13 Å². The van der Waals surface area contributed by atoms with Crippen molar-refractivity contribution in [2.24, 2.45) is 7.05 Å². The first-order chi connectivity index (χ1) is 15.8. The third kappa shape index (κ3) is 4.03. The molecular formula is C24H22ClFN4O2S. The maximum absolute atomic E-state index is 15.0. The SMILES string of the molecule is Cc1nc2cc(N3C[C@@H](c4ccsc4)O[C@@H](C)C3)nc(-c3ccc(Cl)cc3F)c2c(=O)n1C. The molecule has 2 atom stereocenters. The molecule has 0 saturated carbocycles. The average molecular weight is 485 g/mol. The molecule has 1 aromatic carbocycles. The number of morpholine rings is 1. The van der Waals surface area contributed by atoms with Gasteiger partial charge in [-0.3, -0.25) is 9.36 Å². The average Bonchev–Trinajstić information content (AvgIpc) is 3.31. The Morgan fingerprint density at radius 1 is 1.21 bits per heavy atom. The molecule has 1 fully saturated rings. The Bertz CT molecular complexity index is 1410. The third-order valence-electron chi connectivity index (χ3n) is 5.96. The fourth-order valence-electron chi connectivity index (χ4n) is 4.20. The van der Waals surface area contributed by atoms with Gasteiger partial charge in [0, 0.05) is 36.8 Å². The van der Waals surface area contributed by atoms with Gasteiger partial charge in [0.15, 0.2) is 0 Å². The van der Waals surface area contributed by atoms with Crippen molar-refractivity contribution in [3.05, 3.63) is 73.7 Å². The van der Waals surface area contributed by atoms with Crippen LogP contribution in [0.25, 0.3) is 22.2 Å². The lowest BCUT2D eigenvalue weighted by Gasteiger charge is -2.37. The Balaban J connectivity index is 1.70. The minimum Gasteiger partial charge on any atom is -0.367 e. The molecule has 6 nitrogen and oxygen atoms in total. The number of ether oxygens (including phenoxy) is 1. The highest BCUT2D eigenvalue weighted by Gasteiger charge is 2.29. The van der Waals surface area contributed by atoms with Crippen LogP contribution in [0.15, 0.2) is 45.9 Å². The van der Waals surface area contributed by atoms with Gasteiger partial charge in [0.1, 0.15) is 23.6 Å². The van der Waals surface area contributed by atoms with Crippen LogP contribution in [0.4, 0.5) is 10.2 Å². The summed E-state index contributed by atoms with van der Waals surface area (Å²) in [5.74, 6) is 0.656. The fourth-order valence-corrected chi connectivity index (χ4v) is 5.06. The number of nitrogens with zero attached hydrogens (tertiary/aromatic N) is 4. The van der Waals surface area contributed by atoms with Crippen LogP contribution in [-0.2, 0) is 11.8 Å². The molecule has 1 aliphatic heterocycles. The van der Waals surface area contributed by atoms with E-state index < -0.39 is 5.82 Å². The Kier molecular flexibility index (Phi) is 5.68. The van der Waals surface area contributed by atoms with E-state index in [0.29, 0.717) is 30.2 Å². The predicted octanol–water partition coefficient (Wildman–Crippen LogP) is 5.12. The van der Waals surface area contributed by atoms with E-state index in [1.54, 1.807) is 37.4 Å². The zero-order valence-electron chi connectivity index (χ0n) is 18.4. The number of pyridine rings is 1. The van der Waals surface area contributed by atoms with E-state index >= 15 is 0 Å². The number of thiophene rings is 1. The lowest BCUT2D eigenvalue weighted by atomic mass is 10.1. The van der Waals surface area contributed by atoms with E-state index in [-0.39, 0.29) is 39.4 Å². The first-order valence-electron chi connectivity index (χ1n) is 10.6. The predicted molar refractivity (Wildman–Crippen MR) is 130 cm³/mol. The summed E-state index contributed by atoms with van der Waals surface area (Å²) >= 11 is 7.60. The Labute approximate surface area is 199 Å². The van der Waals surface area contributed by atoms with Gasteiger partial charge in [-0.05, 0) is 54.4 Å². The van der Waals surface area contributed by atoms with Crippen LogP contribution in [0.5, 0.6) is 0 Å². The molecule has 4 heterocycles. The molecule has 170 valence electrons. The quantitative estimate of drug-likeness (QED) is 0.403. The minimum absolute atomic E-state index is 0.0322. The lowest BCUT2D eigenvalue weighted by molar-refractivity contribution is -0.0173. The third-order valence-corrected chi connectivity index (χ3v) is 6.89. The Morgan fingerprint density at radius 3 is 2.76 bits per heavy atom. The summed E-state index contributed by atoms with van der Waals surface area (Å²) in [4.78, 5) is 24.7. The highest BCUT2D eigenvalue weighted by molar-refractivity contribution is 7.07. The molecule has 0 aliphatic carbocycles. The molecule has 0 unspecified atom stereocenters. The van der Waals surface area contributed by atoms with E-state index in [9.17, 15) is 9.18 Å². The molecule has 0 spiro atoms. The van der Waals surface area contributed by atoms with Crippen LogP contribution in [0.2, 0.25) is 5.02 Å². The molecule has 4 aromatic rings. The first kappa shape index (κ1) is 22.0. The Hall–Kier alpha value is -2.81. The maximum atomic E-state index is 15.0. The van der Waals surface area contributed by atoms with Gasteiger partial charge >= 0.3 is 0 Å². The molecular weight excluding hydrogens is 463 g/mol. The molecule has 33 heavy (non-hydrogen) atoms. The van der Waals surface area contributed by atoms with Crippen molar-refractivity contribution in [1.29, 1.82) is 0 Å². The summed E-state index contributed by atoms with van der Waals surface area (Å²) in [7, 11) is 1.65. The van der Waals surface area contributed by atoms with E-state index in [1.165, 1.54) is 10.6 Å². The molecule has 0 radical (unpaired) electrons. The molecule has 0 bridgehead atoms. The molecule has 3 aromatic heterocycles. The number of hydrogen-bond acceptors (Lipinski definition) is 6. The second-order valence-corrected chi connectivity index (χ2v) is 9.48. The first-order valence-corrected chi connectivity index (χ1v) is 11.9. The van der Waals surface area contributed by atoms with Crippen molar-refractivity contribution >= 4 is 39.7 Å². The van der Waals surface area contributed by atoms with Crippen LogP contribution in [0.1, 0.15) is 24.4 Å². The lowest BCUT2D eigenvalue weighted by Crippen LogP contribution is -2.43. The zero-order valence-corrected chi connectivity index (χ0v) is 20.0. The van der Waals surface area contributed by atoms with Gasteiger partial charge < -0.3 is 9.64 Å². The summed E-state index contributed by atoms with van der Waals surface area (Å²) in [6, 6.07) is 8.24. The van der Waals surface area contributed by atoms with Crippen LogP contribution in [-0.4, -0.2) is 33.7 Å². The summed E-state index contributed by atoms with van der Waals surface area (Å²) in [6.45, 7) is 4.99. The molecule has 1 saturated heterocycles. The number of aryl methyl sites for hydroxylation is 1. The van der Waals surface area contributed by atoms with Gasteiger partial charge in [-0.15, -0.1) is 0 Å². The van der Waals surface area contributed by atoms with Crippen molar-refractivity contribution in [3.8, 4) is 11.3 Å². The number of rotatable bonds is 3. The number of aromatic nitrogens is 3. The standard InChI is InChI=1S/C24H22ClFN4O2S/c1-13-10-30(11-20(32-13)15-6-7-33-12-15)21-9-19-22(24(31)29(3)14(2)27-19)23(28-21)17-5-4-16(25)8-18(17)26/h4-9,12-13,20H,10-11H2,1-3H3/t13-,20-/m0/s1. The second kappa shape index (κ2) is 8.52. The van der Waals surface area contributed by atoms with Crippen molar-refractivity contribution in [2.75, 3.05) is 18.0 Å².